The third-order valence-electron chi connectivity index (χ3n) is 1.48. The lowest BCUT2D eigenvalue weighted by atomic mass is 10.3. The van der Waals surface area contributed by atoms with Crippen molar-refractivity contribution in [3.8, 4) is 0 Å². The first kappa shape index (κ1) is 10.6. The Morgan fingerprint density at radius 2 is 2.14 bits per heavy atom. The Balaban J connectivity index is 2.63. The van der Waals surface area contributed by atoms with Gasteiger partial charge in [0.1, 0.15) is 11.5 Å². The lowest BCUT2D eigenvalue weighted by molar-refractivity contribution is -0.134. The topological polar surface area (TPSA) is 42.9 Å². The monoisotopic (exact) mass is 204 g/mol. The molecule has 0 spiro atoms. The maximum atomic E-state index is 11.8. The van der Waals surface area contributed by atoms with E-state index in [0.717, 1.165) is 0 Å². The second-order valence-electron chi connectivity index (χ2n) is 2.63. The van der Waals surface area contributed by atoms with E-state index in [0.29, 0.717) is 6.29 Å². The van der Waals surface area contributed by atoms with Crippen LogP contribution in [0.4, 0.5) is 13.2 Å². The number of nitrogens with zero attached hydrogens (tertiary/aromatic N) is 2. The highest BCUT2D eigenvalue weighted by Gasteiger charge is 2.26. The molecule has 0 aliphatic heterocycles. The number of carbonyl (C=O) groups excluding carboxylic acids is 1. The van der Waals surface area contributed by atoms with E-state index >= 15 is 0 Å². The summed E-state index contributed by atoms with van der Waals surface area (Å²) in [5.74, 6) is 0.0342. The fourth-order valence-electron chi connectivity index (χ4n) is 0.854. The van der Waals surface area contributed by atoms with Gasteiger partial charge in [0.2, 0.25) is 0 Å². The van der Waals surface area contributed by atoms with Crippen molar-refractivity contribution in [3.05, 3.63) is 23.8 Å². The Bertz CT molecular complexity index is 325. The van der Waals surface area contributed by atoms with Crippen LogP contribution in [0, 0.1) is 0 Å². The number of aryl methyl sites for hydroxylation is 1. The van der Waals surface area contributed by atoms with Crippen LogP contribution in [0.3, 0.4) is 0 Å². The van der Waals surface area contributed by atoms with E-state index in [1.807, 2.05) is 0 Å². The lowest BCUT2D eigenvalue weighted by Gasteiger charge is -2.04. The molecule has 3 nitrogen and oxygen atoms in total. The second-order valence-corrected chi connectivity index (χ2v) is 2.63. The highest BCUT2D eigenvalue weighted by Crippen LogP contribution is 2.20. The molecule has 0 aliphatic rings. The first-order chi connectivity index (χ1) is 6.51. The second kappa shape index (κ2) is 4.17. The van der Waals surface area contributed by atoms with E-state index < -0.39 is 12.6 Å². The van der Waals surface area contributed by atoms with Gasteiger partial charge >= 0.3 is 6.18 Å². The minimum atomic E-state index is -4.22. The zero-order valence-corrected chi connectivity index (χ0v) is 7.08. The summed E-state index contributed by atoms with van der Waals surface area (Å²) in [4.78, 5) is 17.5. The molecular weight excluding hydrogens is 197 g/mol. The molecular formula is C8H7F3N2O. The Labute approximate surface area is 78.0 Å². The van der Waals surface area contributed by atoms with Crippen LogP contribution in [-0.2, 0) is 6.42 Å². The van der Waals surface area contributed by atoms with Crippen molar-refractivity contribution >= 4 is 6.29 Å². The summed E-state index contributed by atoms with van der Waals surface area (Å²) in [6.07, 6.45) is -3.76. The molecule has 0 amide bonds. The van der Waals surface area contributed by atoms with Crippen molar-refractivity contribution in [2.45, 2.75) is 19.0 Å². The molecule has 0 aliphatic carbocycles. The highest BCUT2D eigenvalue weighted by atomic mass is 19.4. The molecule has 0 unspecified atom stereocenters. The summed E-state index contributed by atoms with van der Waals surface area (Å²) >= 11 is 0. The molecule has 0 aromatic carbocycles. The molecule has 0 bridgehead atoms. The van der Waals surface area contributed by atoms with Crippen molar-refractivity contribution in [3.63, 3.8) is 0 Å². The standard InChI is InChI=1S/C8H7F3N2O/c9-8(10,11)3-1-7-12-4-2-6(5-14)13-7/h2,4-5H,1,3H2. The minimum Gasteiger partial charge on any atom is -0.296 e. The fraction of sp³-hybridized carbons (Fsp3) is 0.375. The molecule has 0 fully saturated rings. The summed E-state index contributed by atoms with van der Waals surface area (Å²) in [5.41, 5.74) is 0.0946. The molecule has 1 aromatic rings. The van der Waals surface area contributed by atoms with E-state index in [-0.39, 0.29) is 17.9 Å². The Hall–Kier alpha value is -1.46. The predicted octanol–water partition coefficient (Wildman–Crippen LogP) is 1.78. The number of rotatable bonds is 3. The summed E-state index contributed by atoms with van der Waals surface area (Å²) in [6, 6.07) is 1.34. The van der Waals surface area contributed by atoms with Gasteiger partial charge in [0.15, 0.2) is 6.29 Å². The van der Waals surface area contributed by atoms with E-state index in [1.54, 1.807) is 0 Å². The number of alkyl halides is 3. The zero-order valence-electron chi connectivity index (χ0n) is 7.08. The van der Waals surface area contributed by atoms with E-state index in [1.165, 1.54) is 12.3 Å². The largest absolute Gasteiger partial charge is 0.389 e. The molecule has 0 saturated carbocycles. The van der Waals surface area contributed by atoms with Gasteiger partial charge in [-0.15, -0.1) is 0 Å². The molecule has 76 valence electrons. The van der Waals surface area contributed by atoms with Crippen LogP contribution in [0.15, 0.2) is 12.3 Å². The highest BCUT2D eigenvalue weighted by molar-refractivity contribution is 5.71. The maximum absolute atomic E-state index is 11.8. The molecule has 1 heterocycles. The molecule has 0 saturated heterocycles. The van der Waals surface area contributed by atoms with E-state index in [2.05, 4.69) is 9.97 Å². The van der Waals surface area contributed by atoms with Gasteiger partial charge in [0.25, 0.3) is 0 Å². The van der Waals surface area contributed by atoms with Gasteiger partial charge in [-0.2, -0.15) is 13.2 Å². The Kier molecular flexibility index (Phi) is 3.16. The van der Waals surface area contributed by atoms with Crippen LogP contribution >= 0.6 is 0 Å². The number of aldehydes is 1. The van der Waals surface area contributed by atoms with Crippen LogP contribution in [0.5, 0.6) is 0 Å². The number of halogens is 3. The molecule has 0 atom stereocenters. The summed E-state index contributed by atoms with van der Waals surface area (Å²) in [7, 11) is 0. The van der Waals surface area contributed by atoms with Gasteiger partial charge in [0, 0.05) is 12.6 Å². The van der Waals surface area contributed by atoms with Gasteiger partial charge in [-0.3, -0.25) is 4.79 Å². The van der Waals surface area contributed by atoms with Crippen molar-refractivity contribution in [1.29, 1.82) is 0 Å². The Morgan fingerprint density at radius 3 is 2.71 bits per heavy atom. The van der Waals surface area contributed by atoms with Gasteiger partial charge in [-0.25, -0.2) is 9.97 Å². The number of hydrogen-bond acceptors (Lipinski definition) is 3. The SMILES string of the molecule is O=Cc1ccnc(CCC(F)(F)F)n1. The third-order valence-corrected chi connectivity index (χ3v) is 1.48. The zero-order chi connectivity index (χ0) is 10.6. The van der Waals surface area contributed by atoms with Gasteiger partial charge in [-0.1, -0.05) is 0 Å². The van der Waals surface area contributed by atoms with Gasteiger partial charge < -0.3 is 0 Å². The normalized spacial score (nSPS) is 11.4. The summed E-state index contributed by atoms with van der Waals surface area (Å²) in [5, 5.41) is 0. The van der Waals surface area contributed by atoms with E-state index in [9.17, 15) is 18.0 Å². The predicted molar refractivity (Wildman–Crippen MR) is 41.8 cm³/mol. The third kappa shape index (κ3) is 3.51. The first-order valence-electron chi connectivity index (χ1n) is 3.85. The van der Waals surface area contributed by atoms with Crippen molar-refractivity contribution < 1.29 is 18.0 Å². The van der Waals surface area contributed by atoms with Gasteiger partial charge in [-0.05, 0) is 6.07 Å². The number of aromatic nitrogens is 2. The van der Waals surface area contributed by atoms with Crippen molar-refractivity contribution in [2.24, 2.45) is 0 Å². The minimum absolute atomic E-state index is 0.0342. The van der Waals surface area contributed by atoms with Crippen molar-refractivity contribution in [2.75, 3.05) is 0 Å². The van der Waals surface area contributed by atoms with Crippen molar-refractivity contribution in [1.82, 2.24) is 9.97 Å². The average Bonchev–Trinajstić information content (AvgIpc) is 2.14. The van der Waals surface area contributed by atoms with Crippen LogP contribution in [0.1, 0.15) is 22.7 Å². The first-order valence-corrected chi connectivity index (χ1v) is 3.85. The quantitative estimate of drug-likeness (QED) is 0.705. The maximum Gasteiger partial charge on any atom is 0.389 e. The van der Waals surface area contributed by atoms with Gasteiger partial charge in [0.05, 0.1) is 6.42 Å². The molecule has 1 rings (SSSR count). The fourth-order valence-corrected chi connectivity index (χ4v) is 0.854. The summed E-state index contributed by atoms with van der Waals surface area (Å²) in [6.45, 7) is 0. The molecule has 1 aromatic heterocycles. The van der Waals surface area contributed by atoms with Crippen LogP contribution in [0.2, 0.25) is 0 Å². The average molecular weight is 204 g/mol. The smallest absolute Gasteiger partial charge is 0.296 e. The van der Waals surface area contributed by atoms with Crippen LogP contribution in [0.25, 0.3) is 0 Å². The number of hydrogen-bond donors (Lipinski definition) is 0. The summed E-state index contributed by atoms with van der Waals surface area (Å²) < 4.78 is 35.4. The molecule has 14 heavy (non-hydrogen) atoms. The molecule has 6 heteroatoms. The molecule has 0 radical (unpaired) electrons. The molecule has 0 N–H and O–H groups in total. The Morgan fingerprint density at radius 1 is 1.43 bits per heavy atom. The van der Waals surface area contributed by atoms with E-state index in [4.69, 9.17) is 0 Å². The number of carbonyl (C=O) groups is 1. The van der Waals surface area contributed by atoms with Crippen LogP contribution in [-0.4, -0.2) is 22.4 Å². The lowest BCUT2D eigenvalue weighted by Crippen LogP contribution is -2.10. The van der Waals surface area contributed by atoms with Crippen LogP contribution < -0.4 is 0 Å².